The highest BCUT2D eigenvalue weighted by Crippen LogP contribution is 2.17. The number of nitrogens with one attached hydrogen (secondary N) is 2. The lowest BCUT2D eigenvalue weighted by Crippen LogP contribution is -2.40. The van der Waals surface area contributed by atoms with E-state index in [9.17, 15) is 4.79 Å². The van der Waals surface area contributed by atoms with Crippen LogP contribution >= 0.6 is 0 Å². The molecular formula is C12H19N3O. The Kier molecular flexibility index (Phi) is 3.62. The van der Waals surface area contributed by atoms with E-state index in [1.54, 1.807) is 6.20 Å². The molecular weight excluding hydrogens is 202 g/mol. The molecule has 88 valence electrons. The molecule has 1 saturated heterocycles. The van der Waals surface area contributed by atoms with E-state index in [4.69, 9.17) is 0 Å². The first-order valence-electron chi connectivity index (χ1n) is 5.88. The van der Waals surface area contributed by atoms with Gasteiger partial charge in [-0.1, -0.05) is 0 Å². The van der Waals surface area contributed by atoms with Crippen LogP contribution in [0.4, 0.5) is 0 Å². The predicted octanol–water partition coefficient (Wildman–Crippen LogP) is 1.09. The molecule has 0 bridgehead atoms. The number of rotatable bonds is 3. The third kappa shape index (κ3) is 2.44. The average molecular weight is 221 g/mol. The molecule has 2 rings (SSSR count). The van der Waals surface area contributed by atoms with Crippen molar-refractivity contribution in [3.8, 4) is 0 Å². The minimum atomic E-state index is 0.132. The summed E-state index contributed by atoms with van der Waals surface area (Å²) < 4.78 is 0. The quantitative estimate of drug-likeness (QED) is 0.802. The SMILES string of the molecule is CNCC1CCN(C(=O)c2ccc[nH]2)CC1. The summed E-state index contributed by atoms with van der Waals surface area (Å²) in [5, 5.41) is 3.20. The van der Waals surface area contributed by atoms with Crippen LogP contribution < -0.4 is 5.32 Å². The second-order valence-electron chi connectivity index (χ2n) is 4.38. The van der Waals surface area contributed by atoms with Gasteiger partial charge in [0.05, 0.1) is 0 Å². The zero-order chi connectivity index (χ0) is 11.4. The lowest BCUT2D eigenvalue weighted by molar-refractivity contribution is 0.0685. The molecule has 1 aliphatic rings. The van der Waals surface area contributed by atoms with Gasteiger partial charge < -0.3 is 15.2 Å². The average Bonchev–Trinajstić information content (AvgIpc) is 2.83. The topological polar surface area (TPSA) is 48.1 Å². The molecule has 16 heavy (non-hydrogen) atoms. The molecule has 0 aliphatic carbocycles. The maximum atomic E-state index is 12.0. The number of likely N-dealkylation sites (tertiary alicyclic amines) is 1. The number of amides is 1. The standard InChI is InChI=1S/C12H19N3O/c1-13-9-10-4-7-15(8-5-10)12(16)11-3-2-6-14-11/h2-3,6,10,13-14H,4-5,7-9H2,1H3. The van der Waals surface area contributed by atoms with Gasteiger partial charge in [0.15, 0.2) is 0 Å². The minimum absolute atomic E-state index is 0.132. The first-order valence-corrected chi connectivity index (χ1v) is 5.88. The van der Waals surface area contributed by atoms with E-state index in [1.165, 1.54) is 0 Å². The Hall–Kier alpha value is -1.29. The smallest absolute Gasteiger partial charge is 0.270 e. The van der Waals surface area contributed by atoms with Gasteiger partial charge in [-0.05, 0) is 44.5 Å². The molecule has 0 saturated carbocycles. The number of aromatic amines is 1. The first-order chi connectivity index (χ1) is 7.81. The van der Waals surface area contributed by atoms with Crippen molar-refractivity contribution in [1.29, 1.82) is 0 Å². The highest BCUT2D eigenvalue weighted by Gasteiger charge is 2.23. The van der Waals surface area contributed by atoms with Gasteiger partial charge in [0.2, 0.25) is 0 Å². The summed E-state index contributed by atoms with van der Waals surface area (Å²) >= 11 is 0. The molecule has 1 aromatic rings. The largest absolute Gasteiger partial charge is 0.357 e. The van der Waals surface area contributed by atoms with Crippen LogP contribution in [-0.4, -0.2) is 42.5 Å². The van der Waals surface area contributed by atoms with Crippen molar-refractivity contribution in [3.05, 3.63) is 24.0 Å². The second-order valence-corrected chi connectivity index (χ2v) is 4.38. The van der Waals surface area contributed by atoms with Crippen LogP contribution in [0.3, 0.4) is 0 Å². The van der Waals surface area contributed by atoms with Gasteiger partial charge in [-0.2, -0.15) is 0 Å². The number of hydrogen-bond donors (Lipinski definition) is 2. The normalized spacial score (nSPS) is 17.7. The Labute approximate surface area is 96.0 Å². The van der Waals surface area contributed by atoms with Gasteiger partial charge in [0.25, 0.3) is 5.91 Å². The highest BCUT2D eigenvalue weighted by molar-refractivity contribution is 5.92. The molecule has 4 heteroatoms. The Morgan fingerprint density at radius 1 is 1.56 bits per heavy atom. The Morgan fingerprint density at radius 2 is 2.31 bits per heavy atom. The number of H-pyrrole nitrogens is 1. The van der Waals surface area contributed by atoms with E-state index in [2.05, 4.69) is 10.3 Å². The third-order valence-corrected chi connectivity index (χ3v) is 3.22. The van der Waals surface area contributed by atoms with Crippen molar-refractivity contribution in [2.24, 2.45) is 5.92 Å². The third-order valence-electron chi connectivity index (χ3n) is 3.22. The second kappa shape index (κ2) is 5.16. The van der Waals surface area contributed by atoms with Crippen molar-refractivity contribution in [2.45, 2.75) is 12.8 Å². The van der Waals surface area contributed by atoms with E-state index < -0.39 is 0 Å². The van der Waals surface area contributed by atoms with Crippen molar-refractivity contribution < 1.29 is 4.79 Å². The molecule has 1 aromatic heterocycles. The van der Waals surface area contributed by atoms with E-state index in [0.29, 0.717) is 5.69 Å². The molecule has 0 radical (unpaired) electrons. The van der Waals surface area contributed by atoms with E-state index >= 15 is 0 Å². The molecule has 1 fully saturated rings. The zero-order valence-electron chi connectivity index (χ0n) is 9.70. The fourth-order valence-electron chi connectivity index (χ4n) is 2.26. The van der Waals surface area contributed by atoms with Gasteiger partial charge in [0.1, 0.15) is 5.69 Å². The van der Waals surface area contributed by atoms with Gasteiger partial charge >= 0.3 is 0 Å². The van der Waals surface area contributed by atoms with Crippen molar-refractivity contribution in [3.63, 3.8) is 0 Å². The Bertz CT molecular complexity index is 326. The number of hydrogen-bond acceptors (Lipinski definition) is 2. The van der Waals surface area contributed by atoms with Gasteiger partial charge in [0, 0.05) is 19.3 Å². The van der Waals surface area contributed by atoms with Crippen LogP contribution in [0, 0.1) is 5.92 Å². The molecule has 2 heterocycles. The van der Waals surface area contributed by atoms with E-state index in [0.717, 1.165) is 38.4 Å². The van der Waals surface area contributed by atoms with Gasteiger partial charge in [-0.15, -0.1) is 0 Å². The Morgan fingerprint density at radius 3 is 2.88 bits per heavy atom. The number of carbonyl (C=O) groups excluding carboxylic acids is 1. The van der Waals surface area contributed by atoms with Gasteiger partial charge in [-0.25, -0.2) is 0 Å². The maximum Gasteiger partial charge on any atom is 0.270 e. The van der Waals surface area contributed by atoms with Gasteiger partial charge in [-0.3, -0.25) is 4.79 Å². The number of piperidine rings is 1. The van der Waals surface area contributed by atoms with Crippen LogP contribution in [0.5, 0.6) is 0 Å². The van der Waals surface area contributed by atoms with Crippen molar-refractivity contribution >= 4 is 5.91 Å². The summed E-state index contributed by atoms with van der Waals surface area (Å²) in [6.07, 6.45) is 4.00. The van der Waals surface area contributed by atoms with Crippen LogP contribution in [0.15, 0.2) is 18.3 Å². The molecule has 0 unspecified atom stereocenters. The fraction of sp³-hybridized carbons (Fsp3) is 0.583. The summed E-state index contributed by atoms with van der Waals surface area (Å²) in [6, 6.07) is 3.70. The summed E-state index contributed by atoms with van der Waals surface area (Å²) in [5.41, 5.74) is 0.701. The number of aromatic nitrogens is 1. The number of nitrogens with zero attached hydrogens (tertiary/aromatic N) is 1. The van der Waals surface area contributed by atoms with Crippen LogP contribution in [-0.2, 0) is 0 Å². The zero-order valence-corrected chi connectivity index (χ0v) is 9.70. The molecule has 0 aromatic carbocycles. The molecule has 1 aliphatic heterocycles. The maximum absolute atomic E-state index is 12.0. The summed E-state index contributed by atoms with van der Waals surface area (Å²) in [7, 11) is 1.98. The van der Waals surface area contributed by atoms with Crippen molar-refractivity contribution in [1.82, 2.24) is 15.2 Å². The molecule has 0 spiro atoms. The Balaban J connectivity index is 1.87. The van der Waals surface area contributed by atoms with Crippen LogP contribution in [0.2, 0.25) is 0 Å². The summed E-state index contributed by atoms with van der Waals surface area (Å²) in [5.74, 6) is 0.852. The molecule has 1 amide bonds. The highest BCUT2D eigenvalue weighted by atomic mass is 16.2. The minimum Gasteiger partial charge on any atom is -0.357 e. The lowest BCUT2D eigenvalue weighted by Gasteiger charge is -2.31. The molecule has 2 N–H and O–H groups in total. The molecule has 0 atom stereocenters. The fourth-order valence-corrected chi connectivity index (χ4v) is 2.26. The van der Waals surface area contributed by atoms with E-state index in [-0.39, 0.29) is 5.91 Å². The lowest BCUT2D eigenvalue weighted by atomic mass is 9.97. The van der Waals surface area contributed by atoms with E-state index in [1.807, 2.05) is 24.1 Å². The predicted molar refractivity (Wildman–Crippen MR) is 63.3 cm³/mol. The van der Waals surface area contributed by atoms with Crippen LogP contribution in [0.1, 0.15) is 23.3 Å². The molecule has 4 nitrogen and oxygen atoms in total. The van der Waals surface area contributed by atoms with Crippen LogP contribution in [0.25, 0.3) is 0 Å². The summed E-state index contributed by atoms with van der Waals surface area (Å²) in [4.78, 5) is 16.9. The number of carbonyl (C=O) groups is 1. The van der Waals surface area contributed by atoms with Crippen molar-refractivity contribution in [2.75, 3.05) is 26.7 Å². The summed E-state index contributed by atoms with van der Waals surface area (Å²) in [6.45, 7) is 2.82. The monoisotopic (exact) mass is 221 g/mol. The first kappa shape index (κ1) is 11.2.